The van der Waals surface area contributed by atoms with Crippen molar-refractivity contribution in [2.24, 2.45) is 11.1 Å². The molecule has 0 aromatic carbocycles. The minimum atomic E-state index is -0.414. The Balaban J connectivity index is 4.24. The first-order valence-corrected chi connectivity index (χ1v) is 6.55. The van der Waals surface area contributed by atoms with Gasteiger partial charge in [-0.1, -0.05) is 20.3 Å². The van der Waals surface area contributed by atoms with E-state index in [1.165, 1.54) is 0 Å². The van der Waals surface area contributed by atoms with Crippen LogP contribution in [0.1, 0.15) is 40.5 Å². The molecular formula is C12H24N2O3S. The molecule has 0 heterocycles. The average Bonchev–Trinajstić information content (AvgIpc) is 2.24. The van der Waals surface area contributed by atoms with Crippen LogP contribution in [0.15, 0.2) is 0 Å². The minimum absolute atomic E-state index is 0.0176. The van der Waals surface area contributed by atoms with Crippen LogP contribution < -0.4 is 11.1 Å². The molecule has 0 fully saturated rings. The van der Waals surface area contributed by atoms with Gasteiger partial charge < -0.3 is 20.5 Å². The second-order valence-electron chi connectivity index (χ2n) is 5.04. The fourth-order valence-electron chi connectivity index (χ4n) is 1.55. The molecule has 1 amide bonds. The van der Waals surface area contributed by atoms with E-state index >= 15 is 0 Å². The van der Waals surface area contributed by atoms with Gasteiger partial charge in [-0.25, -0.2) is 4.79 Å². The van der Waals surface area contributed by atoms with E-state index in [0.717, 1.165) is 12.8 Å². The molecule has 106 valence electrons. The fourth-order valence-corrected chi connectivity index (χ4v) is 1.61. The van der Waals surface area contributed by atoms with E-state index in [0.29, 0.717) is 6.61 Å². The molecule has 0 aliphatic heterocycles. The highest BCUT2D eigenvalue weighted by Gasteiger charge is 2.27. The largest absolute Gasteiger partial charge is 0.470 e. The molecule has 0 aromatic heterocycles. The van der Waals surface area contributed by atoms with Crippen molar-refractivity contribution >= 4 is 23.5 Å². The Bertz CT molecular complexity index is 284. The maximum Gasteiger partial charge on any atom is 0.407 e. The molecule has 0 spiro atoms. The molecule has 1 unspecified atom stereocenters. The minimum Gasteiger partial charge on any atom is -0.470 e. The summed E-state index contributed by atoms with van der Waals surface area (Å²) in [5, 5.41) is 2.69. The number of hydrogen-bond acceptors (Lipinski definition) is 4. The van der Waals surface area contributed by atoms with Crippen LogP contribution in [0.2, 0.25) is 0 Å². The van der Waals surface area contributed by atoms with E-state index in [2.05, 4.69) is 24.5 Å². The van der Waals surface area contributed by atoms with Crippen molar-refractivity contribution < 1.29 is 14.3 Å². The number of amides is 1. The number of hydrogen-bond donors (Lipinski definition) is 2. The van der Waals surface area contributed by atoms with Gasteiger partial charge in [0.2, 0.25) is 0 Å². The molecule has 0 radical (unpaired) electrons. The van der Waals surface area contributed by atoms with Gasteiger partial charge >= 0.3 is 6.09 Å². The second kappa shape index (κ2) is 8.13. The van der Waals surface area contributed by atoms with Crippen molar-refractivity contribution in [1.29, 1.82) is 0 Å². The lowest BCUT2D eigenvalue weighted by Crippen LogP contribution is -2.37. The van der Waals surface area contributed by atoms with Crippen LogP contribution in [0, 0.1) is 5.41 Å². The highest BCUT2D eigenvalue weighted by atomic mass is 32.1. The third-order valence-corrected chi connectivity index (χ3v) is 2.49. The molecule has 0 saturated heterocycles. The molecule has 3 N–H and O–H groups in total. The summed E-state index contributed by atoms with van der Waals surface area (Å²) in [7, 11) is 0. The van der Waals surface area contributed by atoms with Gasteiger partial charge in [0, 0.05) is 11.5 Å². The van der Waals surface area contributed by atoms with Crippen LogP contribution in [0.4, 0.5) is 4.79 Å². The molecule has 0 bridgehead atoms. The number of thiocarbonyl (C=S) groups is 1. The molecule has 5 nitrogen and oxygen atoms in total. The number of carbonyl (C=O) groups is 1. The molecule has 6 heteroatoms. The summed E-state index contributed by atoms with van der Waals surface area (Å²) in [5.41, 5.74) is 5.04. The van der Waals surface area contributed by atoms with Crippen LogP contribution in [0.25, 0.3) is 0 Å². The van der Waals surface area contributed by atoms with E-state index < -0.39 is 6.09 Å². The standard InChI is InChI=1S/C12H24N2O3S/c1-5-6-12(4,7-16-10(13)18)8-17-11(15)14-9(2)3/h9H,5-8H2,1-4H3,(H2,13,18)(H,14,15). The van der Waals surface area contributed by atoms with Crippen LogP contribution >= 0.6 is 12.2 Å². The number of nitrogens with two attached hydrogens (primary N) is 1. The first kappa shape index (κ1) is 17.0. The summed E-state index contributed by atoms with van der Waals surface area (Å²) < 4.78 is 10.4. The van der Waals surface area contributed by atoms with E-state index in [4.69, 9.17) is 15.2 Å². The summed E-state index contributed by atoms with van der Waals surface area (Å²) in [6.07, 6.45) is 1.42. The lowest BCUT2D eigenvalue weighted by atomic mass is 9.87. The Kier molecular flexibility index (Phi) is 7.66. The molecule has 18 heavy (non-hydrogen) atoms. The van der Waals surface area contributed by atoms with Gasteiger partial charge in [0.05, 0.1) is 6.61 Å². The lowest BCUT2D eigenvalue weighted by molar-refractivity contribution is 0.0476. The Morgan fingerprint density at radius 2 is 1.94 bits per heavy atom. The highest BCUT2D eigenvalue weighted by Crippen LogP contribution is 2.24. The van der Waals surface area contributed by atoms with E-state index in [1.54, 1.807) is 0 Å². The predicted molar refractivity (Wildman–Crippen MR) is 75.4 cm³/mol. The zero-order valence-corrected chi connectivity index (χ0v) is 12.4. The summed E-state index contributed by atoms with van der Waals surface area (Å²) >= 11 is 4.68. The van der Waals surface area contributed by atoms with Crippen LogP contribution in [-0.4, -0.2) is 30.5 Å². The fraction of sp³-hybridized carbons (Fsp3) is 0.833. The topological polar surface area (TPSA) is 73.6 Å². The van der Waals surface area contributed by atoms with Crippen molar-refractivity contribution in [3.63, 3.8) is 0 Å². The Morgan fingerprint density at radius 1 is 1.39 bits per heavy atom. The van der Waals surface area contributed by atoms with Gasteiger partial charge in [-0.3, -0.25) is 0 Å². The van der Waals surface area contributed by atoms with Crippen molar-refractivity contribution in [3.05, 3.63) is 0 Å². The van der Waals surface area contributed by atoms with E-state index in [1.807, 2.05) is 20.8 Å². The Hall–Kier alpha value is -1.04. The molecule has 0 aliphatic rings. The number of nitrogens with one attached hydrogen (secondary N) is 1. The van der Waals surface area contributed by atoms with Gasteiger partial charge in [-0.2, -0.15) is 0 Å². The van der Waals surface area contributed by atoms with Gasteiger partial charge in [0.1, 0.15) is 6.61 Å². The number of carbonyl (C=O) groups excluding carboxylic acids is 1. The lowest BCUT2D eigenvalue weighted by Gasteiger charge is -2.28. The third-order valence-electron chi connectivity index (χ3n) is 2.37. The van der Waals surface area contributed by atoms with Gasteiger partial charge in [0.25, 0.3) is 5.17 Å². The summed E-state index contributed by atoms with van der Waals surface area (Å²) in [6, 6.07) is 0.0581. The molecule has 0 saturated carbocycles. The quantitative estimate of drug-likeness (QED) is 0.697. The zero-order valence-electron chi connectivity index (χ0n) is 11.6. The number of rotatable bonds is 7. The van der Waals surface area contributed by atoms with Crippen molar-refractivity contribution in [2.75, 3.05) is 13.2 Å². The van der Waals surface area contributed by atoms with Crippen LogP contribution in [0.3, 0.4) is 0 Å². The highest BCUT2D eigenvalue weighted by molar-refractivity contribution is 7.80. The normalized spacial score (nSPS) is 13.8. The van der Waals surface area contributed by atoms with Crippen LogP contribution in [0.5, 0.6) is 0 Å². The number of alkyl carbamates (subject to hydrolysis) is 1. The molecule has 0 aromatic rings. The smallest absolute Gasteiger partial charge is 0.407 e. The average molecular weight is 276 g/mol. The molecule has 0 rings (SSSR count). The maximum absolute atomic E-state index is 11.4. The Labute approximate surface area is 114 Å². The van der Waals surface area contributed by atoms with Gasteiger partial charge in [0.15, 0.2) is 0 Å². The monoisotopic (exact) mass is 276 g/mol. The summed E-state index contributed by atoms with van der Waals surface area (Å²) in [4.78, 5) is 11.4. The van der Waals surface area contributed by atoms with Crippen molar-refractivity contribution in [2.45, 2.75) is 46.6 Å². The SMILES string of the molecule is CCCC(C)(COC(=O)NC(C)C)COC(N)=S. The van der Waals surface area contributed by atoms with Gasteiger partial charge in [-0.15, -0.1) is 0 Å². The second-order valence-corrected chi connectivity index (χ2v) is 5.45. The van der Waals surface area contributed by atoms with Crippen LogP contribution in [-0.2, 0) is 9.47 Å². The van der Waals surface area contributed by atoms with Crippen molar-refractivity contribution in [3.8, 4) is 0 Å². The first-order valence-electron chi connectivity index (χ1n) is 6.14. The molecular weight excluding hydrogens is 252 g/mol. The van der Waals surface area contributed by atoms with E-state index in [-0.39, 0.29) is 23.2 Å². The predicted octanol–water partition coefficient (Wildman–Crippen LogP) is 2.19. The van der Waals surface area contributed by atoms with Gasteiger partial charge in [-0.05, 0) is 32.5 Å². The molecule has 1 atom stereocenters. The third kappa shape index (κ3) is 8.11. The first-order chi connectivity index (χ1) is 8.29. The maximum atomic E-state index is 11.4. The summed E-state index contributed by atoms with van der Waals surface area (Å²) in [5.74, 6) is 0. The summed E-state index contributed by atoms with van der Waals surface area (Å²) in [6.45, 7) is 8.43. The molecule has 0 aliphatic carbocycles. The van der Waals surface area contributed by atoms with E-state index in [9.17, 15) is 4.79 Å². The van der Waals surface area contributed by atoms with Crippen molar-refractivity contribution in [1.82, 2.24) is 5.32 Å². The Morgan fingerprint density at radius 3 is 2.39 bits per heavy atom. The number of ether oxygens (including phenoxy) is 2. The zero-order chi connectivity index (χ0) is 14.2.